The molecule has 0 aromatic carbocycles. The lowest BCUT2D eigenvalue weighted by Crippen LogP contribution is -2.13. The summed E-state index contributed by atoms with van der Waals surface area (Å²) < 4.78 is 5.07. The lowest BCUT2D eigenvalue weighted by Gasteiger charge is -2.07. The molecule has 1 aromatic heterocycles. The fourth-order valence-electron chi connectivity index (χ4n) is 0.696. The first-order chi connectivity index (χ1) is 6.13. The van der Waals surface area contributed by atoms with Gasteiger partial charge in [-0.2, -0.15) is 0 Å². The molecule has 0 aliphatic carbocycles. The van der Waals surface area contributed by atoms with Crippen LogP contribution in [0.1, 0.15) is 35.1 Å². The van der Waals surface area contributed by atoms with Crippen molar-refractivity contribution in [2.45, 2.75) is 33.3 Å². The first-order valence-corrected chi connectivity index (χ1v) is 4.96. The molecule has 0 bridgehead atoms. The van der Waals surface area contributed by atoms with Gasteiger partial charge in [0.25, 0.3) is 0 Å². The molecule has 5 heteroatoms. The number of hydrogen-bond acceptors (Lipinski definition) is 5. The molecule has 72 valence electrons. The number of carbonyl (C=O) groups is 1. The van der Waals surface area contributed by atoms with E-state index in [2.05, 4.69) is 10.2 Å². The quantitative estimate of drug-likeness (QED) is 0.698. The van der Waals surface area contributed by atoms with E-state index in [-0.39, 0.29) is 12.1 Å². The Balaban J connectivity index is 2.58. The van der Waals surface area contributed by atoms with Crippen molar-refractivity contribution in [1.29, 1.82) is 0 Å². The third kappa shape index (κ3) is 2.77. The van der Waals surface area contributed by atoms with Gasteiger partial charge < -0.3 is 4.74 Å². The van der Waals surface area contributed by atoms with Gasteiger partial charge in [0.05, 0.1) is 6.10 Å². The number of esters is 1. The van der Waals surface area contributed by atoms with E-state index in [4.69, 9.17) is 4.74 Å². The molecule has 0 N–H and O–H groups in total. The summed E-state index contributed by atoms with van der Waals surface area (Å²) in [5.74, 6) is -0.375. The fraction of sp³-hybridized carbons (Fsp3) is 0.625. The molecule has 0 aliphatic heterocycles. The number of ether oxygens (including phenoxy) is 1. The smallest absolute Gasteiger partial charge is 0.369 e. The molecular formula is C8H12N2O2S. The predicted octanol–water partition coefficient (Wildman–Crippen LogP) is 1.80. The second kappa shape index (κ2) is 4.32. The highest BCUT2D eigenvalue weighted by Gasteiger charge is 2.14. The van der Waals surface area contributed by atoms with Crippen molar-refractivity contribution in [3.8, 4) is 0 Å². The van der Waals surface area contributed by atoms with Crippen molar-refractivity contribution in [3.63, 3.8) is 0 Å². The van der Waals surface area contributed by atoms with Crippen LogP contribution in [-0.2, 0) is 4.74 Å². The standard InChI is InChI=1S/C8H12N2O2S/c1-4-5(2)12-8(11)7-10-9-6(3)13-7/h5H,4H2,1-3H3. The zero-order chi connectivity index (χ0) is 9.84. The van der Waals surface area contributed by atoms with Gasteiger partial charge in [-0.05, 0) is 20.3 Å². The maximum absolute atomic E-state index is 11.3. The van der Waals surface area contributed by atoms with Crippen LogP contribution in [0.15, 0.2) is 0 Å². The lowest BCUT2D eigenvalue weighted by molar-refractivity contribution is 0.0333. The zero-order valence-corrected chi connectivity index (χ0v) is 8.72. The molecule has 0 fully saturated rings. The van der Waals surface area contributed by atoms with E-state index < -0.39 is 0 Å². The summed E-state index contributed by atoms with van der Waals surface area (Å²) in [6.07, 6.45) is 0.750. The van der Waals surface area contributed by atoms with E-state index in [0.29, 0.717) is 5.01 Å². The summed E-state index contributed by atoms with van der Waals surface area (Å²) in [6.45, 7) is 5.62. The highest BCUT2D eigenvalue weighted by atomic mass is 32.1. The van der Waals surface area contributed by atoms with E-state index in [9.17, 15) is 4.79 Å². The summed E-state index contributed by atoms with van der Waals surface area (Å²) in [7, 11) is 0. The molecule has 0 aliphatic rings. The third-order valence-electron chi connectivity index (χ3n) is 1.58. The van der Waals surface area contributed by atoms with Crippen molar-refractivity contribution in [1.82, 2.24) is 10.2 Å². The van der Waals surface area contributed by atoms with E-state index in [1.54, 1.807) is 6.92 Å². The minimum atomic E-state index is -0.375. The molecule has 0 amide bonds. The van der Waals surface area contributed by atoms with Gasteiger partial charge in [-0.25, -0.2) is 4.79 Å². The number of aryl methyl sites for hydroxylation is 1. The monoisotopic (exact) mass is 200 g/mol. The molecule has 0 saturated heterocycles. The van der Waals surface area contributed by atoms with E-state index in [1.807, 2.05) is 13.8 Å². The molecule has 0 saturated carbocycles. The SMILES string of the molecule is CCC(C)OC(=O)c1nnc(C)s1. The molecule has 4 nitrogen and oxygen atoms in total. The van der Waals surface area contributed by atoms with Crippen LogP contribution in [0.25, 0.3) is 0 Å². The maximum atomic E-state index is 11.3. The van der Waals surface area contributed by atoms with Gasteiger partial charge in [0.15, 0.2) is 0 Å². The van der Waals surface area contributed by atoms with Crippen molar-refractivity contribution < 1.29 is 9.53 Å². The van der Waals surface area contributed by atoms with Crippen LogP contribution in [0.3, 0.4) is 0 Å². The topological polar surface area (TPSA) is 52.1 Å². The lowest BCUT2D eigenvalue weighted by atomic mass is 10.3. The molecule has 1 atom stereocenters. The first-order valence-electron chi connectivity index (χ1n) is 4.14. The molecule has 1 heterocycles. The van der Waals surface area contributed by atoms with Crippen LogP contribution in [0.2, 0.25) is 0 Å². The van der Waals surface area contributed by atoms with Gasteiger partial charge in [0.1, 0.15) is 5.01 Å². The Kier molecular flexibility index (Phi) is 3.36. The van der Waals surface area contributed by atoms with Crippen molar-refractivity contribution in [3.05, 3.63) is 10.0 Å². The number of aromatic nitrogens is 2. The Morgan fingerprint density at radius 1 is 1.62 bits per heavy atom. The van der Waals surface area contributed by atoms with Crippen LogP contribution in [0, 0.1) is 6.92 Å². The normalized spacial score (nSPS) is 12.5. The minimum absolute atomic E-state index is 0.0586. The molecular weight excluding hydrogens is 188 g/mol. The third-order valence-corrected chi connectivity index (χ3v) is 2.40. The van der Waals surface area contributed by atoms with Crippen molar-refractivity contribution >= 4 is 17.3 Å². The Hall–Kier alpha value is -0.970. The van der Waals surface area contributed by atoms with Gasteiger partial charge in [-0.3, -0.25) is 0 Å². The molecule has 0 radical (unpaired) electrons. The largest absolute Gasteiger partial charge is 0.457 e. The summed E-state index contributed by atoms with van der Waals surface area (Å²) in [5, 5.41) is 8.54. The average molecular weight is 200 g/mol. The minimum Gasteiger partial charge on any atom is -0.457 e. The highest BCUT2D eigenvalue weighted by Crippen LogP contribution is 2.10. The molecule has 13 heavy (non-hydrogen) atoms. The first kappa shape index (κ1) is 10.1. The van der Waals surface area contributed by atoms with Gasteiger partial charge in [0.2, 0.25) is 5.01 Å². The van der Waals surface area contributed by atoms with Gasteiger partial charge >= 0.3 is 5.97 Å². The number of rotatable bonds is 3. The van der Waals surface area contributed by atoms with Gasteiger partial charge in [0, 0.05) is 0 Å². The van der Waals surface area contributed by atoms with Gasteiger partial charge in [-0.1, -0.05) is 18.3 Å². The highest BCUT2D eigenvalue weighted by molar-refractivity contribution is 7.13. The molecule has 1 aromatic rings. The predicted molar refractivity (Wildman–Crippen MR) is 49.8 cm³/mol. The summed E-state index contributed by atoms with van der Waals surface area (Å²) in [6, 6.07) is 0. The Bertz CT molecular complexity index is 298. The van der Waals surface area contributed by atoms with Crippen molar-refractivity contribution in [2.75, 3.05) is 0 Å². The van der Waals surface area contributed by atoms with Crippen LogP contribution in [0.5, 0.6) is 0 Å². The number of nitrogens with zero attached hydrogens (tertiary/aromatic N) is 2. The van der Waals surface area contributed by atoms with Gasteiger partial charge in [-0.15, -0.1) is 10.2 Å². The fourth-order valence-corrected chi connectivity index (χ4v) is 1.27. The van der Waals surface area contributed by atoms with E-state index >= 15 is 0 Å². The Labute approximate surface area is 80.9 Å². The van der Waals surface area contributed by atoms with Crippen LogP contribution < -0.4 is 0 Å². The maximum Gasteiger partial charge on any atom is 0.369 e. The second-order valence-electron chi connectivity index (χ2n) is 2.75. The van der Waals surface area contributed by atoms with E-state index in [1.165, 1.54) is 11.3 Å². The molecule has 1 unspecified atom stereocenters. The van der Waals surface area contributed by atoms with Crippen molar-refractivity contribution in [2.24, 2.45) is 0 Å². The zero-order valence-electron chi connectivity index (χ0n) is 7.90. The Morgan fingerprint density at radius 3 is 2.77 bits per heavy atom. The average Bonchev–Trinajstić information content (AvgIpc) is 2.51. The molecule has 0 spiro atoms. The summed E-state index contributed by atoms with van der Waals surface area (Å²) in [5.41, 5.74) is 0. The van der Waals surface area contributed by atoms with Crippen LogP contribution >= 0.6 is 11.3 Å². The Morgan fingerprint density at radius 2 is 2.31 bits per heavy atom. The number of carbonyl (C=O) groups excluding carboxylic acids is 1. The number of hydrogen-bond donors (Lipinski definition) is 0. The second-order valence-corrected chi connectivity index (χ2v) is 3.93. The van der Waals surface area contributed by atoms with E-state index in [0.717, 1.165) is 11.4 Å². The van der Waals surface area contributed by atoms with Crippen LogP contribution in [0.4, 0.5) is 0 Å². The van der Waals surface area contributed by atoms with Crippen LogP contribution in [-0.4, -0.2) is 22.3 Å². The molecule has 1 rings (SSSR count). The summed E-state index contributed by atoms with van der Waals surface area (Å²) >= 11 is 1.25. The summed E-state index contributed by atoms with van der Waals surface area (Å²) in [4.78, 5) is 11.3.